The monoisotopic (exact) mass is 291 g/mol. The van der Waals surface area contributed by atoms with Crippen LogP contribution < -0.4 is 5.32 Å². The van der Waals surface area contributed by atoms with Crippen LogP contribution in [0.15, 0.2) is 23.1 Å². The highest BCUT2D eigenvalue weighted by Crippen LogP contribution is 2.30. The van der Waals surface area contributed by atoms with E-state index < -0.39 is 0 Å². The van der Waals surface area contributed by atoms with E-state index in [1.54, 1.807) is 0 Å². The average Bonchev–Trinajstić information content (AvgIpc) is 2.98. The van der Waals surface area contributed by atoms with E-state index in [0.717, 1.165) is 31.4 Å². The number of ether oxygens (including phenoxy) is 1. The minimum absolute atomic E-state index is 0.101. The molecule has 2 aliphatic rings. The third-order valence-corrected chi connectivity index (χ3v) is 5.09. The molecule has 108 valence electrons. The summed E-state index contributed by atoms with van der Waals surface area (Å²) in [5.41, 5.74) is 2.53. The second-order valence-corrected chi connectivity index (χ2v) is 6.65. The van der Waals surface area contributed by atoms with Crippen LogP contribution in [0.4, 0.5) is 0 Å². The van der Waals surface area contributed by atoms with E-state index in [0.29, 0.717) is 13.0 Å². The standard InChI is InChI=1S/C16H21NO2S/c18-16(17-11-14-4-1-7-19-14)10-12-5-6-15-13(9-12)3-2-8-20-15/h5-6,9,14H,1-4,7-8,10-11H2,(H,17,18). The van der Waals surface area contributed by atoms with Crippen LogP contribution in [-0.4, -0.2) is 30.9 Å². The molecule has 4 heteroatoms. The highest BCUT2D eigenvalue weighted by Gasteiger charge is 2.16. The molecule has 0 saturated carbocycles. The van der Waals surface area contributed by atoms with E-state index >= 15 is 0 Å². The fourth-order valence-electron chi connectivity index (χ4n) is 2.80. The zero-order valence-electron chi connectivity index (χ0n) is 11.7. The van der Waals surface area contributed by atoms with Crippen LogP contribution in [0, 0.1) is 0 Å². The van der Waals surface area contributed by atoms with Gasteiger partial charge in [-0.3, -0.25) is 4.79 Å². The molecule has 1 atom stereocenters. The van der Waals surface area contributed by atoms with Crippen molar-refractivity contribution in [2.24, 2.45) is 0 Å². The van der Waals surface area contributed by atoms with Crippen LogP contribution in [0.3, 0.4) is 0 Å². The summed E-state index contributed by atoms with van der Waals surface area (Å²) < 4.78 is 5.51. The van der Waals surface area contributed by atoms with Gasteiger partial charge in [-0.05, 0) is 48.6 Å². The molecule has 1 aromatic rings. The van der Waals surface area contributed by atoms with Gasteiger partial charge in [-0.1, -0.05) is 12.1 Å². The Bertz CT molecular complexity index is 483. The Hall–Kier alpha value is -1.00. The van der Waals surface area contributed by atoms with Crippen molar-refractivity contribution in [2.75, 3.05) is 18.9 Å². The van der Waals surface area contributed by atoms with Crippen LogP contribution in [0.5, 0.6) is 0 Å². The van der Waals surface area contributed by atoms with Gasteiger partial charge < -0.3 is 10.1 Å². The second-order valence-electron chi connectivity index (χ2n) is 5.51. The molecule has 1 unspecified atom stereocenters. The Balaban J connectivity index is 1.52. The quantitative estimate of drug-likeness (QED) is 0.926. The number of hydrogen-bond acceptors (Lipinski definition) is 3. The number of fused-ring (bicyclic) bond motifs is 1. The Kier molecular flexibility index (Phi) is 4.63. The summed E-state index contributed by atoms with van der Waals surface area (Å²) in [4.78, 5) is 13.4. The molecule has 20 heavy (non-hydrogen) atoms. The topological polar surface area (TPSA) is 38.3 Å². The van der Waals surface area contributed by atoms with E-state index in [9.17, 15) is 4.79 Å². The average molecular weight is 291 g/mol. The molecule has 2 aliphatic heterocycles. The molecule has 3 rings (SSSR count). The third kappa shape index (κ3) is 3.55. The van der Waals surface area contributed by atoms with Gasteiger partial charge in [0, 0.05) is 18.0 Å². The number of benzene rings is 1. The van der Waals surface area contributed by atoms with Crippen molar-refractivity contribution in [1.29, 1.82) is 0 Å². The minimum Gasteiger partial charge on any atom is -0.376 e. The van der Waals surface area contributed by atoms with Crippen LogP contribution in [0.2, 0.25) is 0 Å². The van der Waals surface area contributed by atoms with Gasteiger partial charge in [0.05, 0.1) is 12.5 Å². The lowest BCUT2D eigenvalue weighted by Crippen LogP contribution is -2.32. The smallest absolute Gasteiger partial charge is 0.224 e. The van der Waals surface area contributed by atoms with E-state index in [1.165, 1.54) is 22.6 Å². The summed E-state index contributed by atoms with van der Waals surface area (Å²) in [5.74, 6) is 1.32. The first-order chi connectivity index (χ1) is 9.81. The minimum atomic E-state index is 0.101. The molecular formula is C16H21NO2S. The molecule has 0 radical (unpaired) electrons. The molecule has 3 nitrogen and oxygen atoms in total. The fraction of sp³-hybridized carbons (Fsp3) is 0.562. The predicted octanol–water partition coefficient (Wildman–Crippen LogP) is 2.56. The predicted molar refractivity (Wildman–Crippen MR) is 81.2 cm³/mol. The Morgan fingerprint density at radius 1 is 1.40 bits per heavy atom. The maximum Gasteiger partial charge on any atom is 0.224 e. The van der Waals surface area contributed by atoms with Crippen LogP contribution in [0.25, 0.3) is 0 Å². The second kappa shape index (κ2) is 6.64. The number of amides is 1. The summed E-state index contributed by atoms with van der Waals surface area (Å²) in [5, 5.41) is 2.98. The Morgan fingerprint density at radius 3 is 3.20 bits per heavy atom. The van der Waals surface area contributed by atoms with E-state index in [2.05, 4.69) is 23.5 Å². The summed E-state index contributed by atoms with van der Waals surface area (Å²) in [7, 11) is 0. The molecule has 0 spiro atoms. The van der Waals surface area contributed by atoms with Crippen molar-refractivity contribution in [3.05, 3.63) is 29.3 Å². The molecule has 0 aliphatic carbocycles. The van der Waals surface area contributed by atoms with Gasteiger partial charge in [0.15, 0.2) is 0 Å². The molecule has 1 amide bonds. The lowest BCUT2D eigenvalue weighted by Gasteiger charge is -2.16. The normalized spacial score (nSPS) is 21.5. The molecule has 1 N–H and O–H groups in total. The first kappa shape index (κ1) is 14.0. The van der Waals surface area contributed by atoms with Crippen molar-refractivity contribution in [3.8, 4) is 0 Å². The van der Waals surface area contributed by atoms with Gasteiger partial charge in [0.25, 0.3) is 0 Å². The largest absolute Gasteiger partial charge is 0.376 e. The molecule has 0 bridgehead atoms. The number of thioether (sulfide) groups is 1. The third-order valence-electron chi connectivity index (χ3n) is 3.89. The van der Waals surface area contributed by atoms with Gasteiger partial charge >= 0.3 is 0 Å². The Labute approximate surface area is 124 Å². The highest BCUT2D eigenvalue weighted by atomic mass is 32.2. The number of aryl methyl sites for hydroxylation is 1. The van der Waals surface area contributed by atoms with Crippen molar-refractivity contribution >= 4 is 17.7 Å². The Morgan fingerprint density at radius 2 is 2.35 bits per heavy atom. The molecule has 2 heterocycles. The first-order valence-electron chi connectivity index (χ1n) is 7.44. The molecular weight excluding hydrogens is 270 g/mol. The van der Waals surface area contributed by atoms with Crippen LogP contribution in [0.1, 0.15) is 30.4 Å². The van der Waals surface area contributed by atoms with Crippen LogP contribution in [-0.2, 0) is 22.4 Å². The van der Waals surface area contributed by atoms with Gasteiger partial charge in [0.2, 0.25) is 5.91 Å². The summed E-state index contributed by atoms with van der Waals surface area (Å²) in [6, 6.07) is 6.46. The number of carbonyl (C=O) groups excluding carboxylic acids is 1. The number of carbonyl (C=O) groups is 1. The van der Waals surface area contributed by atoms with E-state index in [-0.39, 0.29) is 12.0 Å². The fourth-order valence-corrected chi connectivity index (χ4v) is 3.82. The molecule has 0 aromatic heterocycles. The van der Waals surface area contributed by atoms with E-state index in [4.69, 9.17) is 4.74 Å². The lowest BCUT2D eigenvalue weighted by molar-refractivity contribution is -0.120. The van der Waals surface area contributed by atoms with Gasteiger partial charge in [-0.15, -0.1) is 11.8 Å². The number of rotatable bonds is 4. The maximum atomic E-state index is 12.0. The van der Waals surface area contributed by atoms with Crippen molar-refractivity contribution in [1.82, 2.24) is 5.32 Å². The zero-order chi connectivity index (χ0) is 13.8. The van der Waals surface area contributed by atoms with Gasteiger partial charge in [-0.25, -0.2) is 0 Å². The summed E-state index contributed by atoms with van der Waals surface area (Å²) in [6.07, 6.45) is 5.27. The summed E-state index contributed by atoms with van der Waals surface area (Å²) in [6.45, 7) is 1.49. The summed E-state index contributed by atoms with van der Waals surface area (Å²) >= 11 is 1.93. The highest BCUT2D eigenvalue weighted by molar-refractivity contribution is 7.99. The van der Waals surface area contributed by atoms with Crippen molar-refractivity contribution < 1.29 is 9.53 Å². The number of nitrogens with one attached hydrogen (secondary N) is 1. The molecule has 1 saturated heterocycles. The lowest BCUT2D eigenvalue weighted by atomic mass is 10.0. The van der Waals surface area contributed by atoms with Gasteiger partial charge in [0.1, 0.15) is 0 Å². The first-order valence-corrected chi connectivity index (χ1v) is 8.43. The van der Waals surface area contributed by atoms with E-state index in [1.807, 2.05) is 11.8 Å². The molecule has 1 aromatic carbocycles. The zero-order valence-corrected chi connectivity index (χ0v) is 12.5. The van der Waals surface area contributed by atoms with Gasteiger partial charge in [-0.2, -0.15) is 0 Å². The molecule has 1 fully saturated rings. The van der Waals surface area contributed by atoms with Crippen molar-refractivity contribution in [2.45, 2.75) is 43.1 Å². The SMILES string of the molecule is O=C(Cc1ccc2c(c1)CCCS2)NCC1CCCO1. The maximum absolute atomic E-state index is 12.0. The van der Waals surface area contributed by atoms with Crippen LogP contribution >= 0.6 is 11.8 Å². The number of hydrogen-bond donors (Lipinski definition) is 1. The van der Waals surface area contributed by atoms with Crippen molar-refractivity contribution in [3.63, 3.8) is 0 Å².